The summed E-state index contributed by atoms with van der Waals surface area (Å²) >= 11 is 5.19. The molecule has 18 heavy (non-hydrogen) atoms. The molecule has 0 aliphatic carbocycles. The summed E-state index contributed by atoms with van der Waals surface area (Å²) in [6.07, 6.45) is 1.79. The van der Waals surface area contributed by atoms with Crippen LogP contribution >= 0.6 is 27.3 Å². The highest BCUT2D eigenvalue weighted by Gasteiger charge is 2.03. The molecule has 2 heterocycles. The lowest BCUT2D eigenvalue weighted by molar-refractivity contribution is 0.540. The molecular weight excluding hydrogens is 312 g/mol. The van der Waals surface area contributed by atoms with E-state index in [0.29, 0.717) is 5.92 Å². The number of halogens is 1. The van der Waals surface area contributed by atoms with Crippen molar-refractivity contribution < 1.29 is 0 Å². The average Bonchev–Trinajstić information content (AvgIpc) is 2.89. The van der Waals surface area contributed by atoms with Gasteiger partial charge in [-0.25, -0.2) is 9.67 Å². The maximum absolute atomic E-state index is 4.45. The molecule has 1 N–H and O–H groups in total. The summed E-state index contributed by atoms with van der Waals surface area (Å²) in [6, 6.07) is 4.16. The molecule has 4 nitrogen and oxygen atoms in total. The van der Waals surface area contributed by atoms with Crippen molar-refractivity contribution >= 4 is 27.3 Å². The molecule has 2 rings (SSSR count). The molecule has 0 amide bonds. The summed E-state index contributed by atoms with van der Waals surface area (Å²) in [4.78, 5) is 5.57. The summed E-state index contributed by atoms with van der Waals surface area (Å²) in [7, 11) is 0. The standard InChI is InChI=1S/C12H17BrN4S/c1-9(2)5-14-6-12-15-8-17(16-12)7-10-3-4-11(13)18-10/h3-4,8-9,14H,5-7H2,1-2H3. The molecule has 0 aliphatic rings. The SMILES string of the molecule is CC(C)CNCc1ncn(Cc2ccc(Br)s2)n1. The van der Waals surface area contributed by atoms with E-state index in [-0.39, 0.29) is 0 Å². The van der Waals surface area contributed by atoms with Crippen LogP contribution in [-0.4, -0.2) is 21.3 Å². The van der Waals surface area contributed by atoms with Gasteiger partial charge in [-0.3, -0.25) is 0 Å². The third-order valence-corrected chi connectivity index (χ3v) is 3.97. The van der Waals surface area contributed by atoms with E-state index in [1.807, 2.05) is 4.68 Å². The Kier molecular flexibility index (Phi) is 4.91. The highest BCUT2D eigenvalue weighted by atomic mass is 79.9. The fraction of sp³-hybridized carbons (Fsp3) is 0.500. The topological polar surface area (TPSA) is 42.7 Å². The molecule has 0 bridgehead atoms. The normalized spacial score (nSPS) is 11.3. The van der Waals surface area contributed by atoms with Crippen LogP contribution in [0.1, 0.15) is 24.5 Å². The molecule has 0 fully saturated rings. The molecule has 0 aliphatic heterocycles. The second-order valence-electron chi connectivity index (χ2n) is 4.59. The van der Waals surface area contributed by atoms with Gasteiger partial charge in [0.2, 0.25) is 0 Å². The van der Waals surface area contributed by atoms with Gasteiger partial charge in [0.1, 0.15) is 6.33 Å². The van der Waals surface area contributed by atoms with Crippen LogP contribution in [-0.2, 0) is 13.1 Å². The molecule has 0 unspecified atom stereocenters. The number of nitrogens with one attached hydrogen (secondary N) is 1. The zero-order valence-corrected chi connectivity index (χ0v) is 13.0. The third-order valence-electron chi connectivity index (χ3n) is 2.37. The molecule has 2 aromatic heterocycles. The summed E-state index contributed by atoms with van der Waals surface area (Å²) in [5, 5.41) is 7.79. The maximum Gasteiger partial charge on any atom is 0.164 e. The van der Waals surface area contributed by atoms with Crippen LogP contribution in [0.25, 0.3) is 0 Å². The van der Waals surface area contributed by atoms with Crippen molar-refractivity contribution in [3.63, 3.8) is 0 Å². The van der Waals surface area contributed by atoms with Crippen molar-refractivity contribution in [2.24, 2.45) is 5.92 Å². The molecule has 98 valence electrons. The molecule has 2 aromatic rings. The molecule has 0 spiro atoms. The first-order valence-electron chi connectivity index (χ1n) is 5.96. The Balaban J connectivity index is 1.86. The first-order chi connectivity index (χ1) is 8.63. The number of hydrogen-bond acceptors (Lipinski definition) is 4. The van der Waals surface area contributed by atoms with E-state index < -0.39 is 0 Å². The van der Waals surface area contributed by atoms with Gasteiger partial charge in [0, 0.05) is 4.88 Å². The molecule has 0 saturated heterocycles. The Morgan fingerprint density at radius 1 is 1.44 bits per heavy atom. The van der Waals surface area contributed by atoms with Crippen LogP contribution in [0.5, 0.6) is 0 Å². The number of thiophene rings is 1. The minimum atomic E-state index is 0.649. The van der Waals surface area contributed by atoms with E-state index in [4.69, 9.17) is 0 Å². The van der Waals surface area contributed by atoms with Crippen molar-refractivity contribution in [2.75, 3.05) is 6.54 Å². The van der Waals surface area contributed by atoms with Crippen LogP contribution < -0.4 is 5.32 Å². The van der Waals surface area contributed by atoms with Gasteiger partial charge in [-0.2, -0.15) is 5.10 Å². The van der Waals surface area contributed by atoms with Crippen molar-refractivity contribution in [3.05, 3.63) is 32.9 Å². The Bertz CT molecular complexity index is 492. The minimum absolute atomic E-state index is 0.649. The summed E-state index contributed by atoms with van der Waals surface area (Å²) in [5.41, 5.74) is 0. The van der Waals surface area contributed by atoms with Crippen LogP contribution in [0.2, 0.25) is 0 Å². The van der Waals surface area contributed by atoms with E-state index in [9.17, 15) is 0 Å². The summed E-state index contributed by atoms with van der Waals surface area (Å²) < 4.78 is 3.03. The highest BCUT2D eigenvalue weighted by molar-refractivity contribution is 9.11. The summed E-state index contributed by atoms with van der Waals surface area (Å²) in [6.45, 7) is 6.89. The first-order valence-corrected chi connectivity index (χ1v) is 7.57. The van der Waals surface area contributed by atoms with E-state index in [2.05, 4.69) is 57.3 Å². The Morgan fingerprint density at radius 2 is 2.28 bits per heavy atom. The van der Waals surface area contributed by atoms with E-state index in [1.165, 1.54) is 4.88 Å². The van der Waals surface area contributed by atoms with Gasteiger partial charge < -0.3 is 5.32 Å². The van der Waals surface area contributed by atoms with Crippen molar-refractivity contribution in [2.45, 2.75) is 26.9 Å². The fourth-order valence-electron chi connectivity index (χ4n) is 1.56. The van der Waals surface area contributed by atoms with E-state index in [1.54, 1.807) is 17.7 Å². The molecule has 0 radical (unpaired) electrons. The lowest BCUT2D eigenvalue weighted by Crippen LogP contribution is -2.19. The van der Waals surface area contributed by atoms with Gasteiger partial charge in [0.05, 0.1) is 16.9 Å². The maximum atomic E-state index is 4.45. The second-order valence-corrected chi connectivity index (χ2v) is 7.14. The van der Waals surface area contributed by atoms with Crippen LogP contribution in [0.15, 0.2) is 22.2 Å². The quantitative estimate of drug-likeness (QED) is 0.886. The number of hydrogen-bond donors (Lipinski definition) is 1. The molecule has 0 aromatic carbocycles. The number of rotatable bonds is 6. The lowest BCUT2D eigenvalue weighted by Gasteiger charge is -2.04. The largest absolute Gasteiger partial charge is 0.310 e. The molecular formula is C12H17BrN4S. The minimum Gasteiger partial charge on any atom is -0.310 e. The van der Waals surface area contributed by atoms with E-state index in [0.717, 1.165) is 29.2 Å². The molecule has 6 heteroatoms. The predicted octanol–water partition coefficient (Wildman–Crippen LogP) is 2.90. The zero-order valence-electron chi connectivity index (χ0n) is 10.6. The second kappa shape index (κ2) is 6.45. The smallest absolute Gasteiger partial charge is 0.164 e. The van der Waals surface area contributed by atoms with Crippen LogP contribution in [0.4, 0.5) is 0 Å². The Morgan fingerprint density at radius 3 is 2.94 bits per heavy atom. The Hall–Kier alpha value is -0.720. The number of aromatic nitrogens is 3. The zero-order chi connectivity index (χ0) is 13.0. The third kappa shape index (κ3) is 4.19. The fourth-order valence-corrected chi connectivity index (χ4v) is 3.03. The van der Waals surface area contributed by atoms with Crippen molar-refractivity contribution in [1.29, 1.82) is 0 Å². The van der Waals surface area contributed by atoms with Crippen LogP contribution in [0.3, 0.4) is 0 Å². The first kappa shape index (κ1) is 13.7. The van der Waals surface area contributed by atoms with Gasteiger partial charge in [-0.05, 0) is 40.5 Å². The van der Waals surface area contributed by atoms with Gasteiger partial charge in [0.15, 0.2) is 5.82 Å². The highest BCUT2D eigenvalue weighted by Crippen LogP contribution is 2.22. The number of nitrogens with zero attached hydrogens (tertiary/aromatic N) is 3. The van der Waals surface area contributed by atoms with Crippen LogP contribution in [0, 0.1) is 5.92 Å². The van der Waals surface area contributed by atoms with E-state index >= 15 is 0 Å². The average molecular weight is 329 g/mol. The monoisotopic (exact) mass is 328 g/mol. The summed E-state index contributed by atoms with van der Waals surface area (Å²) in [5.74, 6) is 1.50. The molecule has 0 saturated carbocycles. The Labute approximate surface area is 120 Å². The molecule has 0 atom stereocenters. The predicted molar refractivity (Wildman–Crippen MR) is 77.7 cm³/mol. The van der Waals surface area contributed by atoms with Gasteiger partial charge in [-0.1, -0.05) is 13.8 Å². The lowest BCUT2D eigenvalue weighted by atomic mass is 10.2. The van der Waals surface area contributed by atoms with Gasteiger partial charge in [-0.15, -0.1) is 11.3 Å². The van der Waals surface area contributed by atoms with Crippen molar-refractivity contribution in [1.82, 2.24) is 20.1 Å². The van der Waals surface area contributed by atoms with Gasteiger partial charge in [0.25, 0.3) is 0 Å². The van der Waals surface area contributed by atoms with Gasteiger partial charge >= 0.3 is 0 Å². The van der Waals surface area contributed by atoms with Crippen molar-refractivity contribution in [3.8, 4) is 0 Å².